The van der Waals surface area contributed by atoms with Gasteiger partial charge in [0.1, 0.15) is 18.0 Å². The molecule has 0 fully saturated rings. The number of pyridine rings is 1. The number of carbonyl (C=O) groups is 1. The summed E-state index contributed by atoms with van der Waals surface area (Å²) in [5, 5.41) is 16.7. The van der Waals surface area contributed by atoms with E-state index in [0.717, 1.165) is 22.7 Å². The number of ether oxygens (including phenoxy) is 2. The van der Waals surface area contributed by atoms with Crippen LogP contribution in [0.3, 0.4) is 0 Å². The van der Waals surface area contributed by atoms with Gasteiger partial charge >= 0.3 is 12.4 Å². The second-order valence-corrected chi connectivity index (χ2v) is 11.6. The smallest absolute Gasteiger partial charge is 0.433 e. The third-order valence-corrected chi connectivity index (χ3v) is 8.11. The Hall–Kier alpha value is -5.42. The maximum Gasteiger partial charge on any atom is 0.433 e. The van der Waals surface area contributed by atoms with Gasteiger partial charge in [-0.05, 0) is 66.4 Å². The average Bonchev–Trinajstić information content (AvgIpc) is 3.54. The predicted molar refractivity (Wildman–Crippen MR) is 172 cm³/mol. The van der Waals surface area contributed by atoms with Crippen molar-refractivity contribution in [2.75, 3.05) is 18.5 Å². The van der Waals surface area contributed by atoms with Gasteiger partial charge in [-0.3, -0.25) is 9.59 Å². The first-order valence-corrected chi connectivity index (χ1v) is 15.5. The first kappa shape index (κ1) is 35.4. The van der Waals surface area contributed by atoms with Crippen molar-refractivity contribution >= 4 is 34.5 Å². The number of nitrogens with zero attached hydrogens (tertiary/aromatic N) is 5. The van der Waals surface area contributed by atoms with Gasteiger partial charge < -0.3 is 24.5 Å². The van der Waals surface area contributed by atoms with Crippen LogP contribution in [0.2, 0.25) is 5.02 Å². The molecule has 0 unspecified atom stereocenters. The normalized spacial score (nSPS) is 13.7. The number of fused-ring (bicyclic) bond motifs is 1. The van der Waals surface area contributed by atoms with E-state index in [1.807, 2.05) is 0 Å². The third-order valence-electron chi connectivity index (χ3n) is 7.80. The highest BCUT2D eigenvalue weighted by atomic mass is 35.5. The summed E-state index contributed by atoms with van der Waals surface area (Å²) in [6.07, 6.45) is -7.01. The highest BCUT2D eigenvalue weighted by Gasteiger charge is 2.34. The molecule has 18 heteroatoms. The van der Waals surface area contributed by atoms with Crippen molar-refractivity contribution in [1.29, 1.82) is 0 Å². The Bertz CT molecular complexity index is 2230. The standard InChI is InChI=1S/C33H25ClF6N6O5/c1-2-23-27(17-3-6-20(7-4-17)51-29-24(47)9-10-25(42-29)33(38,39)40)30(49)46-31(43-28(44-46)18-11-13-50-14-12-18)45(23)16-26(48)41-22-8-5-19(15-21(22)34)32(35,36)37/h3-11,15,47H,2,12-14,16H2,1H3,(H,41,48). The van der Waals surface area contributed by atoms with Crippen LogP contribution in [0, 0.1) is 0 Å². The number of aromatic nitrogens is 5. The SMILES string of the molecule is CCc1c(-c2ccc(Oc3nc(C(F)(F)F)ccc3O)cc2)c(=O)n2nc(C3=CCOCC3)nc2n1CC(=O)Nc1ccc(C(F)(F)F)cc1Cl. The summed E-state index contributed by atoms with van der Waals surface area (Å²) in [7, 11) is 0. The third kappa shape index (κ3) is 7.39. The molecule has 0 saturated carbocycles. The number of aromatic hydroxyl groups is 1. The summed E-state index contributed by atoms with van der Waals surface area (Å²) < 4.78 is 92.3. The van der Waals surface area contributed by atoms with Gasteiger partial charge in [-0.1, -0.05) is 36.7 Å². The fourth-order valence-electron chi connectivity index (χ4n) is 5.38. The Balaban J connectivity index is 1.40. The van der Waals surface area contributed by atoms with Crippen molar-refractivity contribution in [2.24, 2.45) is 0 Å². The summed E-state index contributed by atoms with van der Waals surface area (Å²) >= 11 is 6.07. The number of benzene rings is 2. The zero-order valence-electron chi connectivity index (χ0n) is 26.3. The Labute approximate surface area is 288 Å². The largest absolute Gasteiger partial charge is 0.503 e. The van der Waals surface area contributed by atoms with Gasteiger partial charge in [0.25, 0.3) is 11.4 Å². The van der Waals surface area contributed by atoms with Crippen molar-refractivity contribution in [3.63, 3.8) is 0 Å². The number of carbonyl (C=O) groups excluding carboxylic acids is 1. The van der Waals surface area contributed by atoms with Crippen LogP contribution in [-0.2, 0) is 34.8 Å². The maximum atomic E-state index is 14.1. The molecule has 0 aliphatic carbocycles. The molecule has 266 valence electrons. The van der Waals surface area contributed by atoms with E-state index < -0.39 is 53.3 Å². The average molecular weight is 735 g/mol. The Morgan fingerprint density at radius 1 is 1.04 bits per heavy atom. The number of anilines is 1. The van der Waals surface area contributed by atoms with Gasteiger partial charge in [-0.25, -0.2) is 4.98 Å². The molecule has 4 heterocycles. The van der Waals surface area contributed by atoms with Gasteiger partial charge in [0, 0.05) is 5.69 Å². The highest BCUT2D eigenvalue weighted by molar-refractivity contribution is 6.33. The van der Waals surface area contributed by atoms with Crippen LogP contribution in [0.15, 0.2) is 65.5 Å². The van der Waals surface area contributed by atoms with Gasteiger partial charge in [-0.15, -0.1) is 5.10 Å². The number of hydrogen-bond acceptors (Lipinski definition) is 8. The van der Waals surface area contributed by atoms with E-state index in [-0.39, 0.29) is 40.0 Å². The number of alkyl halides is 6. The van der Waals surface area contributed by atoms with Gasteiger partial charge in [0.2, 0.25) is 11.7 Å². The summed E-state index contributed by atoms with van der Waals surface area (Å²) in [6, 6.07) is 9.50. The lowest BCUT2D eigenvalue weighted by Crippen LogP contribution is -2.28. The Morgan fingerprint density at radius 2 is 1.78 bits per heavy atom. The minimum Gasteiger partial charge on any atom is -0.503 e. The second kappa shape index (κ2) is 13.7. The number of rotatable bonds is 8. The molecule has 2 aromatic carbocycles. The lowest BCUT2D eigenvalue weighted by molar-refractivity contribution is -0.141. The van der Waals surface area contributed by atoms with Crippen molar-refractivity contribution in [1.82, 2.24) is 24.1 Å². The lowest BCUT2D eigenvalue weighted by atomic mass is 10.0. The highest BCUT2D eigenvalue weighted by Crippen LogP contribution is 2.36. The molecule has 51 heavy (non-hydrogen) atoms. The molecule has 6 rings (SSSR count). The van der Waals surface area contributed by atoms with Crippen LogP contribution in [0.5, 0.6) is 17.4 Å². The summed E-state index contributed by atoms with van der Waals surface area (Å²) in [5.41, 5.74) is -1.47. The molecular weight excluding hydrogens is 710 g/mol. The van der Waals surface area contributed by atoms with Crippen LogP contribution in [0.1, 0.15) is 36.1 Å². The number of hydrogen-bond donors (Lipinski definition) is 2. The van der Waals surface area contributed by atoms with E-state index >= 15 is 0 Å². The quantitative estimate of drug-likeness (QED) is 0.161. The molecule has 0 saturated heterocycles. The Morgan fingerprint density at radius 3 is 2.41 bits per heavy atom. The molecule has 2 N–H and O–H groups in total. The van der Waals surface area contributed by atoms with E-state index in [4.69, 9.17) is 21.1 Å². The zero-order chi connectivity index (χ0) is 36.7. The first-order valence-electron chi connectivity index (χ1n) is 15.2. The molecule has 0 radical (unpaired) electrons. The fourth-order valence-corrected chi connectivity index (χ4v) is 5.61. The van der Waals surface area contributed by atoms with Gasteiger partial charge in [0.05, 0.1) is 35.1 Å². The van der Waals surface area contributed by atoms with Gasteiger partial charge in [0.15, 0.2) is 11.6 Å². The molecule has 11 nitrogen and oxygen atoms in total. The fraction of sp³-hybridized carbons (Fsp3) is 0.242. The summed E-state index contributed by atoms with van der Waals surface area (Å²) in [5.74, 6) is -1.79. The minimum absolute atomic E-state index is 0.0115. The van der Waals surface area contributed by atoms with Crippen molar-refractivity contribution in [3.05, 3.63) is 98.8 Å². The van der Waals surface area contributed by atoms with E-state index in [1.54, 1.807) is 13.0 Å². The Kier molecular flexibility index (Phi) is 9.52. The number of halogens is 7. The molecule has 1 amide bonds. The summed E-state index contributed by atoms with van der Waals surface area (Å²) in [4.78, 5) is 35.4. The van der Waals surface area contributed by atoms with Gasteiger partial charge in [-0.2, -0.15) is 35.8 Å². The molecule has 0 atom stereocenters. The maximum absolute atomic E-state index is 14.1. The molecule has 5 aromatic rings. The first-order chi connectivity index (χ1) is 24.1. The molecular formula is C33H25ClF6N6O5. The monoisotopic (exact) mass is 734 g/mol. The number of nitrogens with one attached hydrogen (secondary N) is 1. The van der Waals surface area contributed by atoms with E-state index in [2.05, 4.69) is 20.4 Å². The molecule has 1 aliphatic rings. The topological polar surface area (TPSA) is 133 Å². The van der Waals surface area contributed by atoms with Crippen LogP contribution in [-0.4, -0.2) is 48.4 Å². The lowest BCUT2D eigenvalue weighted by Gasteiger charge is -2.18. The zero-order valence-corrected chi connectivity index (χ0v) is 27.0. The van der Waals surface area contributed by atoms with Crippen LogP contribution < -0.4 is 15.6 Å². The molecule has 0 bridgehead atoms. The van der Waals surface area contributed by atoms with Crippen molar-refractivity contribution in [3.8, 4) is 28.5 Å². The summed E-state index contributed by atoms with van der Waals surface area (Å²) in [6.45, 7) is 1.97. The molecule has 3 aromatic heterocycles. The predicted octanol–water partition coefficient (Wildman–Crippen LogP) is 7.15. The van der Waals surface area contributed by atoms with Crippen molar-refractivity contribution in [2.45, 2.75) is 38.7 Å². The van der Waals surface area contributed by atoms with E-state index in [9.17, 15) is 41.0 Å². The van der Waals surface area contributed by atoms with E-state index in [0.29, 0.717) is 48.6 Å². The van der Waals surface area contributed by atoms with E-state index in [1.165, 1.54) is 28.8 Å². The molecule has 1 aliphatic heterocycles. The number of amides is 1. The molecule has 0 spiro atoms. The van der Waals surface area contributed by atoms with Crippen LogP contribution >= 0.6 is 11.6 Å². The minimum atomic E-state index is -4.78. The van der Waals surface area contributed by atoms with Crippen LogP contribution in [0.4, 0.5) is 32.0 Å². The second-order valence-electron chi connectivity index (χ2n) is 11.2. The van der Waals surface area contributed by atoms with Crippen LogP contribution in [0.25, 0.3) is 22.5 Å². The van der Waals surface area contributed by atoms with Crippen molar-refractivity contribution < 1.29 is 45.7 Å².